The van der Waals surface area contributed by atoms with E-state index in [1.807, 2.05) is 0 Å². The Kier molecular flexibility index (Phi) is 3.01. The van der Waals surface area contributed by atoms with Crippen molar-refractivity contribution in [1.29, 1.82) is 0 Å². The Morgan fingerprint density at radius 3 is 2.77 bits per heavy atom. The fourth-order valence-corrected chi connectivity index (χ4v) is 1.04. The summed E-state index contributed by atoms with van der Waals surface area (Å²) in [5.74, 6) is -0.206. The van der Waals surface area contributed by atoms with Crippen LogP contribution in [0.15, 0.2) is 18.2 Å². The van der Waals surface area contributed by atoms with Crippen LogP contribution in [0.5, 0.6) is 5.75 Å². The summed E-state index contributed by atoms with van der Waals surface area (Å²) in [5.41, 5.74) is 0.0989. The van der Waals surface area contributed by atoms with E-state index in [4.69, 9.17) is 4.74 Å². The first-order chi connectivity index (χ1) is 6.19. The molecule has 2 nitrogen and oxygen atoms in total. The standard InChI is InChI=1S/C10H11FO2/c1-3-10(12)8-6-7(13-2)4-5-9(8)11/h4-6H,3H2,1-2H3. The number of hydrogen-bond acceptors (Lipinski definition) is 2. The van der Waals surface area contributed by atoms with Crippen molar-refractivity contribution >= 4 is 5.78 Å². The van der Waals surface area contributed by atoms with Crippen LogP contribution in [0.2, 0.25) is 0 Å². The van der Waals surface area contributed by atoms with Crippen molar-refractivity contribution < 1.29 is 13.9 Å². The Morgan fingerprint density at radius 1 is 1.54 bits per heavy atom. The Morgan fingerprint density at radius 2 is 2.23 bits per heavy atom. The van der Waals surface area contributed by atoms with E-state index in [0.29, 0.717) is 12.2 Å². The van der Waals surface area contributed by atoms with Crippen LogP contribution in [-0.2, 0) is 0 Å². The normalized spacial score (nSPS) is 9.77. The van der Waals surface area contributed by atoms with Crippen molar-refractivity contribution in [1.82, 2.24) is 0 Å². The lowest BCUT2D eigenvalue weighted by Gasteiger charge is -2.03. The van der Waals surface area contributed by atoms with Crippen LogP contribution >= 0.6 is 0 Å². The number of rotatable bonds is 3. The first-order valence-electron chi connectivity index (χ1n) is 4.05. The van der Waals surface area contributed by atoms with E-state index in [9.17, 15) is 9.18 Å². The van der Waals surface area contributed by atoms with Gasteiger partial charge in [-0.1, -0.05) is 6.92 Å². The van der Waals surface area contributed by atoms with Gasteiger partial charge in [-0.05, 0) is 18.2 Å². The molecule has 0 fully saturated rings. The number of hydrogen-bond donors (Lipinski definition) is 0. The van der Waals surface area contributed by atoms with E-state index in [-0.39, 0.29) is 11.3 Å². The molecular weight excluding hydrogens is 171 g/mol. The van der Waals surface area contributed by atoms with Gasteiger partial charge in [-0.15, -0.1) is 0 Å². The summed E-state index contributed by atoms with van der Waals surface area (Å²) in [6.45, 7) is 1.70. The Bertz CT molecular complexity index is 321. The molecular formula is C10H11FO2. The van der Waals surface area contributed by atoms with Crippen molar-refractivity contribution in [3.05, 3.63) is 29.6 Å². The fourth-order valence-electron chi connectivity index (χ4n) is 1.04. The summed E-state index contributed by atoms with van der Waals surface area (Å²) in [7, 11) is 1.48. The number of carbonyl (C=O) groups excluding carboxylic acids is 1. The van der Waals surface area contributed by atoms with Crippen molar-refractivity contribution in [2.24, 2.45) is 0 Å². The zero-order valence-corrected chi connectivity index (χ0v) is 7.63. The molecule has 1 aromatic rings. The minimum Gasteiger partial charge on any atom is -0.497 e. The SMILES string of the molecule is CCC(=O)c1cc(OC)ccc1F. The Balaban J connectivity index is 3.11. The Labute approximate surface area is 76.3 Å². The third-order valence-corrected chi connectivity index (χ3v) is 1.80. The topological polar surface area (TPSA) is 26.3 Å². The molecule has 0 unspecified atom stereocenters. The van der Waals surface area contributed by atoms with Gasteiger partial charge in [-0.25, -0.2) is 4.39 Å². The molecule has 0 atom stereocenters. The maximum absolute atomic E-state index is 13.1. The van der Waals surface area contributed by atoms with Crippen LogP contribution < -0.4 is 4.74 Å². The third kappa shape index (κ3) is 2.05. The van der Waals surface area contributed by atoms with Gasteiger partial charge in [0.1, 0.15) is 11.6 Å². The lowest BCUT2D eigenvalue weighted by Crippen LogP contribution is -2.00. The number of ether oxygens (including phenoxy) is 1. The van der Waals surface area contributed by atoms with Gasteiger partial charge < -0.3 is 4.74 Å². The summed E-state index contributed by atoms with van der Waals surface area (Å²) in [6.07, 6.45) is 0.296. The monoisotopic (exact) mass is 182 g/mol. The number of methoxy groups -OCH3 is 1. The highest BCUT2D eigenvalue weighted by Crippen LogP contribution is 2.17. The highest BCUT2D eigenvalue weighted by molar-refractivity contribution is 5.96. The van der Waals surface area contributed by atoms with Crippen molar-refractivity contribution in [2.75, 3.05) is 7.11 Å². The van der Waals surface area contributed by atoms with Gasteiger partial charge in [0, 0.05) is 6.42 Å². The maximum Gasteiger partial charge on any atom is 0.165 e. The molecule has 13 heavy (non-hydrogen) atoms. The molecule has 0 N–H and O–H groups in total. The van der Waals surface area contributed by atoms with E-state index in [1.54, 1.807) is 6.92 Å². The zero-order chi connectivity index (χ0) is 9.84. The maximum atomic E-state index is 13.1. The molecule has 0 saturated heterocycles. The quantitative estimate of drug-likeness (QED) is 0.671. The van der Waals surface area contributed by atoms with Crippen LogP contribution in [0.3, 0.4) is 0 Å². The lowest BCUT2D eigenvalue weighted by atomic mass is 10.1. The van der Waals surface area contributed by atoms with Crippen LogP contribution in [-0.4, -0.2) is 12.9 Å². The number of carbonyl (C=O) groups is 1. The fraction of sp³-hybridized carbons (Fsp3) is 0.300. The molecule has 0 aliphatic carbocycles. The molecule has 3 heteroatoms. The van der Waals surface area contributed by atoms with Crippen molar-refractivity contribution in [2.45, 2.75) is 13.3 Å². The smallest absolute Gasteiger partial charge is 0.165 e. The summed E-state index contributed by atoms with van der Waals surface area (Å²) in [6, 6.07) is 4.14. The van der Waals surface area contributed by atoms with E-state index in [1.165, 1.54) is 25.3 Å². The second-order valence-corrected chi connectivity index (χ2v) is 2.62. The lowest BCUT2D eigenvalue weighted by molar-refractivity contribution is 0.0984. The molecule has 0 saturated carbocycles. The summed E-state index contributed by atoms with van der Waals surface area (Å²) in [5, 5.41) is 0. The molecule has 0 amide bonds. The van der Waals surface area contributed by atoms with Gasteiger partial charge in [0.05, 0.1) is 12.7 Å². The van der Waals surface area contributed by atoms with Crippen molar-refractivity contribution in [3.8, 4) is 5.75 Å². The molecule has 0 bridgehead atoms. The van der Waals surface area contributed by atoms with Crippen LogP contribution in [0.1, 0.15) is 23.7 Å². The largest absolute Gasteiger partial charge is 0.497 e. The average Bonchev–Trinajstić information content (AvgIpc) is 2.17. The third-order valence-electron chi connectivity index (χ3n) is 1.80. The molecule has 70 valence electrons. The predicted molar refractivity (Wildman–Crippen MR) is 47.6 cm³/mol. The van der Waals surface area contributed by atoms with Crippen LogP contribution in [0.25, 0.3) is 0 Å². The van der Waals surface area contributed by atoms with E-state index >= 15 is 0 Å². The zero-order valence-electron chi connectivity index (χ0n) is 7.63. The highest BCUT2D eigenvalue weighted by atomic mass is 19.1. The van der Waals surface area contributed by atoms with Gasteiger partial charge in [-0.2, -0.15) is 0 Å². The second kappa shape index (κ2) is 4.03. The first-order valence-corrected chi connectivity index (χ1v) is 4.05. The molecule has 0 aliphatic heterocycles. The molecule has 1 aromatic carbocycles. The van der Waals surface area contributed by atoms with Crippen molar-refractivity contribution in [3.63, 3.8) is 0 Å². The van der Waals surface area contributed by atoms with Crippen LogP contribution in [0.4, 0.5) is 4.39 Å². The summed E-state index contributed by atoms with van der Waals surface area (Å²) < 4.78 is 18.0. The number of Topliss-reactive ketones (excluding diaryl/α,β-unsaturated/α-hetero) is 1. The first kappa shape index (κ1) is 9.71. The molecule has 1 rings (SSSR count). The molecule has 0 heterocycles. The minimum atomic E-state index is -0.493. The minimum absolute atomic E-state index is 0.0989. The highest BCUT2D eigenvalue weighted by Gasteiger charge is 2.10. The van der Waals surface area contributed by atoms with Crippen LogP contribution in [0, 0.1) is 5.82 Å². The van der Waals surface area contributed by atoms with Gasteiger partial charge >= 0.3 is 0 Å². The van der Waals surface area contributed by atoms with Gasteiger partial charge in [0.2, 0.25) is 0 Å². The summed E-state index contributed by atoms with van der Waals surface area (Å²) in [4.78, 5) is 11.2. The average molecular weight is 182 g/mol. The van der Waals surface area contributed by atoms with E-state index in [0.717, 1.165) is 0 Å². The Hall–Kier alpha value is -1.38. The predicted octanol–water partition coefficient (Wildman–Crippen LogP) is 2.43. The summed E-state index contributed by atoms with van der Waals surface area (Å²) >= 11 is 0. The van der Waals surface area contributed by atoms with Gasteiger partial charge in [0.15, 0.2) is 5.78 Å². The number of benzene rings is 1. The van der Waals surface area contributed by atoms with Gasteiger partial charge in [0.25, 0.3) is 0 Å². The molecule has 0 aliphatic rings. The number of halogens is 1. The number of ketones is 1. The van der Waals surface area contributed by atoms with E-state index < -0.39 is 5.82 Å². The molecule has 0 spiro atoms. The second-order valence-electron chi connectivity index (χ2n) is 2.62. The molecule has 0 aromatic heterocycles. The van der Waals surface area contributed by atoms with E-state index in [2.05, 4.69) is 0 Å². The molecule has 0 radical (unpaired) electrons. The van der Waals surface area contributed by atoms with Gasteiger partial charge in [-0.3, -0.25) is 4.79 Å².